The number of aromatic nitrogens is 1. The second kappa shape index (κ2) is 6.36. The molecule has 2 atom stereocenters. The highest BCUT2D eigenvalue weighted by Gasteiger charge is 2.42. The first-order chi connectivity index (χ1) is 9.22. The summed E-state index contributed by atoms with van der Waals surface area (Å²) in [5, 5.41) is 3.48. The van der Waals surface area contributed by atoms with Crippen molar-refractivity contribution in [1.29, 1.82) is 0 Å². The van der Waals surface area contributed by atoms with Crippen LogP contribution >= 0.6 is 11.8 Å². The number of nitrogens with one attached hydrogen (secondary N) is 3. The van der Waals surface area contributed by atoms with Gasteiger partial charge in [-0.05, 0) is 12.5 Å². The first kappa shape index (κ1) is 14.3. The first-order valence-corrected chi connectivity index (χ1v) is 7.49. The van der Waals surface area contributed by atoms with Crippen LogP contribution in [0, 0.1) is 0 Å². The molecule has 1 amide bonds. The van der Waals surface area contributed by atoms with Crippen LogP contribution in [-0.4, -0.2) is 29.7 Å². The van der Waals surface area contributed by atoms with Gasteiger partial charge in [-0.15, -0.1) is 11.8 Å². The summed E-state index contributed by atoms with van der Waals surface area (Å²) in [5.41, 5.74) is 6.46. The molecule has 1 fully saturated rings. The van der Waals surface area contributed by atoms with Crippen LogP contribution in [0.15, 0.2) is 24.5 Å². The van der Waals surface area contributed by atoms with Crippen LogP contribution in [0.2, 0.25) is 0 Å². The van der Waals surface area contributed by atoms with Gasteiger partial charge in [0.25, 0.3) is 5.91 Å². The van der Waals surface area contributed by atoms with Crippen molar-refractivity contribution < 1.29 is 4.79 Å². The molecule has 1 aliphatic heterocycles. The van der Waals surface area contributed by atoms with Gasteiger partial charge in [-0.25, -0.2) is 5.43 Å². The molecule has 0 saturated carbocycles. The van der Waals surface area contributed by atoms with Gasteiger partial charge in [0.15, 0.2) is 0 Å². The zero-order valence-corrected chi connectivity index (χ0v) is 12.1. The van der Waals surface area contributed by atoms with Crippen LogP contribution in [0.5, 0.6) is 0 Å². The van der Waals surface area contributed by atoms with E-state index in [-0.39, 0.29) is 16.8 Å². The minimum Gasteiger partial charge on any atom is -0.290 e. The zero-order valence-electron chi connectivity index (χ0n) is 11.3. The molecule has 0 bridgehead atoms. The normalized spacial score (nSPS) is 26.3. The van der Waals surface area contributed by atoms with E-state index in [4.69, 9.17) is 0 Å². The maximum Gasteiger partial charge on any atom is 0.252 e. The molecule has 2 rings (SSSR count). The van der Waals surface area contributed by atoms with E-state index in [1.54, 1.807) is 25.0 Å². The fourth-order valence-electron chi connectivity index (χ4n) is 2.35. The van der Waals surface area contributed by atoms with Crippen molar-refractivity contribution in [3.05, 3.63) is 30.1 Å². The number of hydrazine groups is 1. The van der Waals surface area contributed by atoms with Crippen molar-refractivity contribution in [2.45, 2.75) is 30.7 Å². The number of thioether (sulfide) groups is 1. The summed E-state index contributed by atoms with van der Waals surface area (Å²) in [5.74, 6) is 0.749. The molecule has 1 saturated heterocycles. The largest absolute Gasteiger partial charge is 0.290 e. The minimum atomic E-state index is -0.196. The Hall–Kier alpha value is -1.11. The Balaban J connectivity index is 2.17. The maximum absolute atomic E-state index is 11.9. The lowest BCUT2D eigenvalue weighted by Crippen LogP contribution is -2.50. The van der Waals surface area contributed by atoms with Crippen LogP contribution in [0.25, 0.3) is 0 Å². The maximum atomic E-state index is 11.9. The molecule has 1 aromatic heterocycles. The van der Waals surface area contributed by atoms with Crippen LogP contribution in [0.1, 0.15) is 25.3 Å². The lowest BCUT2D eigenvalue weighted by Gasteiger charge is -2.29. The average Bonchev–Trinajstić information content (AvgIpc) is 2.86. The lowest BCUT2D eigenvalue weighted by molar-refractivity contribution is -0.123. The molecular weight excluding hydrogens is 260 g/mol. The Morgan fingerprint density at radius 1 is 1.68 bits per heavy atom. The fraction of sp³-hybridized carbons (Fsp3) is 0.538. The Bertz CT molecular complexity index is 428. The van der Waals surface area contributed by atoms with Gasteiger partial charge < -0.3 is 0 Å². The summed E-state index contributed by atoms with van der Waals surface area (Å²) < 4.78 is 0. The zero-order chi connectivity index (χ0) is 13.7. The Morgan fingerprint density at radius 2 is 2.53 bits per heavy atom. The third-order valence-electron chi connectivity index (χ3n) is 3.20. The van der Waals surface area contributed by atoms with Gasteiger partial charge in [-0.3, -0.25) is 20.5 Å². The molecule has 1 aromatic rings. The number of rotatable bonds is 5. The number of hydrogen-bond donors (Lipinski definition) is 3. The molecule has 0 aromatic carbocycles. The van der Waals surface area contributed by atoms with E-state index in [1.807, 2.05) is 12.3 Å². The number of amides is 1. The van der Waals surface area contributed by atoms with Crippen LogP contribution in [-0.2, 0) is 9.67 Å². The second-order valence-electron chi connectivity index (χ2n) is 4.57. The lowest BCUT2D eigenvalue weighted by atomic mass is 10.0. The minimum absolute atomic E-state index is 0.0168. The number of hydrogen-bond acceptors (Lipinski definition) is 5. The Kier molecular flexibility index (Phi) is 4.79. The van der Waals surface area contributed by atoms with Crippen molar-refractivity contribution in [2.24, 2.45) is 0 Å². The van der Waals surface area contributed by atoms with E-state index in [9.17, 15) is 4.79 Å². The van der Waals surface area contributed by atoms with E-state index < -0.39 is 0 Å². The van der Waals surface area contributed by atoms with Gasteiger partial charge in [-0.1, -0.05) is 19.4 Å². The van der Waals surface area contributed by atoms with E-state index >= 15 is 0 Å². The molecular formula is C13H20N4OS. The van der Waals surface area contributed by atoms with Gasteiger partial charge in [0, 0.05) is 30.8 Å². The van der Waals surface area contributed by atoms with Gasteiger partial charge in [0.2, 0.25) is 0 Å². The molecule has 3 N–H and O–H groups in total. The fourth-order valence-corrected chi connectivity index (χ4v) is 3.90. The summed E-state index contributed by atoms with van der Waals surface area (Å²) >= 11 is 1.79. The Morgan fingerprint density at radius 3 is 3.16 bits per heavy atom. The topological polar surface area (TPSA) is 66.0 Å². The van der Waals surface area contributed by atoms with Crippen molar-refractivity contribution in [3.63, 3.8) is 0 Å². The van der Waals surface area contributed by atoms with Gasteiger partial charge in [0.1, 0.15) is 0 Å². The van der Waals surface area contributed by atoms with Gasteiger partial charge >= 0.3 is 0 Å². The smallest absolute Gasteiger partial charge is 0.252 e. The molecule has 6 heteroatoms. The first-order valence-electron chi connectivity index (χ1n) is 6.50. The third kappa shape index (κ3) is 3.08. The molecule has 1 aliphatic rings. The molecule has 0 radical (unpaired) electrons. The highest BCUT2D eigenvalue weighted by molar-refractivity contribution is 8.00. The van der Waals surface area contributed by atoms with E-state index in [0.717, 1.165) is 24.2 Å². The summed E-state index contributed by atoms with van der Waals surface area (Å²) in [6.45, 7) is 2.15. The second-order valence-corrected chi connectivity index (χ2v) is 5.88. The summed E-state index contributed by atoms with van der Waals surface area (Å²) in [7, 11) is 1.69. The molecule has 2 unspecified atom stereocenters. The molecule has 0 aliphatic carbocycles. The molecule has 0 spiro atoms. The number of carbonyl (C=O) groups excluding carboxylic acids is 1. The monoisotopic (exact) mass is 280 g/mol. The van der Waals surface area contributed by atoms with E-state index in [1.165, 1.54) is 0 Å². The van der Waals surface area contributed by atoms with Gasteiger partial charge in [-0.2, -0.15) is 0 Å². The summed E-state index contributed by atoms with van der Waals surface area (Å²) in [4.78, 5) is 15.9. The van der Waals surface area contributed by atoms with Crippen LogP contribution < -0.4 is 16.2 Å². The van der Waals surface area contributed by atoms with E-state index in [2.05, 4.69) is 34.1 Å². The number of carbonyl (C=O) groups is 1. The third-order valence-corrected chi connectivity index (χ3v) is 4.75. The highest BCUT2D eigenvalue weighted by Crippen LogP contribution is 2.42. The number of nitrogens with zero attached hydrogens (tertiary/aromatic N) is 1. The van der Waals surface area contributed by atoms with Crippen LogP contribution in [0.4, 0.5) is 0 Å². The summed E-state index contributed by atoms with van der Waals surface area (Å²) in [6, 6.07) is 3.83. The van der Waals surface area contributed by atoms with Crippen molar-refractivity contribution in [2.75, 3.05) is 12.8 Å². The van der Waals surface area contributed by atoms with E-state index in [0.29, 0.717) is 0 Å². The quantitative estimate of drug-likeness (QED) is 0.702. The molecule has 104 valence electrons. The molecule has 19 heavy (non-hydrogen) atoms. The molecule has 5 nitrogen and oxygen atoms in total. The Labute approximate surface area is 117 Å². The number of pyridine rings is 1. The van der Waals surface area contributed by atoms with Crippen LogP contribution in [0.3, 0.4) is 0 Å². The van der Waals surface area contributed by atoms with Crippen molar-refractivity contribution in [1.82, 2.24) is 21.2 Å². The summed E-state index contributed by atoms with van der Waals surface area (Å²) in [6.07, 6.45) is 5.68. The predicted octanol–water partition coefficient (Wildman–Crippen LogP) is 0.990. The predicted molar refractivity (Wildman–Crippen MR) is 77.4 cm³/mol. The van der Waals surface area contributed by atoms with Crippen molar-refractivity contribution >= 4 is 17.7 Å². The highest BCUT2D eigenvalue weighted by atomic mass is 32.2. The standard InChI is InChI=1S/C13H20N4OS/c1-3-6-13(10-5-4-7-15-8-10)16-11(9-19-13)12(18)17-14-2/h4-5,7-8,11,14,16H,3,6,9H2,1-2H3,(H,17,18). The van der Waals surface area contributed by atoms with Gasteiger partial charge in [0.05, 0.1) is 10.9 Å². The molecule has 2 heterocycles. The SMILES string of the molecule is CCCC1(c2cccnc2)NC(C(=O)NNC)CS1. The average molecular weight is 280 g/mol. The van der Waals surface area contributed by atoms with Crippen molar-refractivity contribution in [3.8, 4) is 0 Å².